The fourth-order valence-corrected chi connectivity index (χ4v) is 7.97. The molecule has 5 aromatic rings. The molecule has 0 saturated carbocycles. The van der Waals surface area contributed by atoms with E-state index in [4.69, 9.17) is 16.2 Å². The second-order valence-electron chi connectivity index (χ2n) is 10.3. The van der Waals surface area contributed by atoms with Gasteiger partial charge in [0, 0.05) is 23.5 Å². The SMILES string of the molecule is CNc1ccc(S(=O)(=O)O)c(N=Nc2c(S(=O)(=O)O)cc3cc(SOOO)c(N=Nc4ccc5c(S(=O)(=O)O)cccc5c4SOOO)c(N)c3c2O)c1. The summed E-state index contributed by atoms with van der Waals surface area (Å²) >= 11 is 0.625. The molecule has 286 valence electrons. The lowest BCUT2D eigenvalue weighted by Gasteiger charge is -2.14. The predicted octanol–water partition coefficient (Wildman–Crippen LogP) is 6.75. The molecule has 0 saturated heterocycles. The van der Waals surface area contributed by atoms with E-state index in [2.05, 4.69) is 44.5 Å². The van der Waals surface area contributed by atoms with E-state index in [-0.39, 0.29) is 60.4 Å². The normalized spacial score (nSPS) is 12.8. The van der Waals surface area contributed by atoms with Crippen LogP contribution in [0.3, 0.4) is 0 Å². The maximum absolute atomic E-state index is 12.5. The van der Waals surface area contributed by atoms with Gasteiger partial charge in [-0.25, -0.2) is 10.5 Å². The highest BCUT2D eigenvalue weighted by Crippen LogP contribution is 2.50. The zero-order chi connectivity index (χ0) is 39.6. The monoisotopic (exact) mass is 846 g/mol. The summed E-state index contributed by atoms with van der Waals surface area (Å²) in [7, 11) is -13.3. The van der Waals surface area contributed by atoms with E-state index in [1.54, 1.807) is 0 Å². The van der Waals surface area contributed by atoms with Crippen molar-refractivity contribution in [3.8, 4) is 5.75 Å². The number of azo groups is 2. The number of phenolic OH excluding ortho intramolecular Hbond substituents is 1. The zero-order valence-corrected chi connectivity index (χ0v) is 30.5. The van der Waals surface area contributed by atoms with Gasteiger partial charge in [-0.15, -0.1) is 29.1 Å². The Bertz CT molecular complexity index is 2700. The molecule has 54 heavy (non-hydrogen) atoms. The van der Waals surface area contributed by atoms with Crippen molar-refractivity contribution in [2.45, 2.75) is 24.5 Å². The molecule has 0 heterocycles. The van der Waals surface area contributed by atoms with E-state index in [1.807, 2.05) is 0 Å². The summed E-state index contributed by atoms with van der Waals surface area (Å²) in [5.41, 5.74) is 4.35. The largest absolute Gasteiger partial charge is 0.505 e. The van der Waals surface area contributed by atoms with Crippen LogP contribution in [-0.4, -0.2) is 61.6 Å². The molecule has 0 aromatic heterocycles. The lowest BCUT2D eigenvalue weighted by molar-refractivity contribution is -0.432. The van der Waals surface area contributed by atoms with Crippen LogP contribution in [0.25, 0.3) is 21.5 Å². The molecule has 0 spiro atoms. The summed E-state index contributed by atoms with van der Waals surface area (Å²) in [6, 6.07) is 11.6. The maximum Gasteiger partial charge on any atom is 0.296 e. The molecule has 0 fully saturated rings. The zero-order valence-electron chi connectivity index (χ0n) is 26.4. The Morgan fingerprint density at radius 2 is 1.31 bits per heavy atom. The number of nitrogens with one attached hydrogen (secondary N) is 1. The van der Waals surface area contributed by atoms with Crippen molar-refractivity contribution in [3.05, 3.63) is 60.7 Å². The van der Waals surface area contributed by atoms with Gasteiger partial charge in [-0.3, -0.25) is 13.7 Å². The van der Waals surface area contributed by atoms with Gasteiger partial charge >= 0.3 is 0 Å². The van der Waals surface area contributed by atoms with Crippen LogP contribution in [0.5, 0.6) is 5.75 Å². The Morgan fingerprint density at radius 3 is 1.94 bits per heavy atom. The summed E-state index contributed by atoms with van der Waals surface area (Å²) in [4.78, 5) is -2.44. The summed E-state index contributed by atoms with van der Waals surface area (Å²) in [5.74, 6) is -1.03. The molecule has 9 N–H and O–H groups in total. The number of phenols is 1. The number of hydrogen-bond acceptors (Lipinski definition) is 21. The van der Waals surface area contributed by atoms with Gasteiger partial charge in [-0.2, -0.15) is 25.3 Å². The topological polar surface area (TPSA) is 348 Å². The Morgan fingerprint density at radius 1 is 0.685 bits per heavy atom. The Labute approximate surface area is 311 Å². The van der Waals surface area contributed by atoms with Crippen molar-refractivity contribution in [2.75, 3.05) is 18.1 Å². The lowest BCUT2D eigenvalue weighted by Crippen LogP contribution is -2.01. The van der Waals surface area contributed by atoms with Crippen molar-refractivity contribution in [3.63, 3.8) is 0 Å². The molecule has 0 bridgehead atoms. The van der Waals surface area contributed by atoms with Crippen LogP contribution in [0.2, 0.25) is 0 Å². The third-order valence-electron chi connectivity index (χ3n) is 7.16. The smallest absolute Gasteiger partial charge is 0.296 e. The first-order valence-electron chi connectivity index (χ1n) is 14.0. The van der Waals surface area contributed by atoms with Crippen LogP contribution >= 0.6 is 24.1 Å². The molecule has 0 radical (unpaired) electrons. The number of nitrogens with two attached hydrogens (primary N) is 1. The second kappa shape index (κ2) is 16.0. The molecule has 5 aromatic carbocycles. The predicted molar refractivity (Wildman–Crippen MR) is 189 cm³/mol. The highest BCUT2D eigenvalue weighted by Gasteiger charge is 2.27. The van der Waals surface area contributed by atoms with Gasteiger partial charge in [-0.1, -0.05) is 28.3 Å². The average molecular weight is 847 g/mol. The van der Waals surface area contributed by atoms with Crippen molar-refractivity contribution < 1.29 is 73.3 Å². The van der Waals surface area contributed by atoms with Crippen molar-refractivity contribution in [1.29, 1.82) is 0 Å². The maximum atomic E-state index is 12.5. The molecule has 5 rings (SSSR count). The fourth-order valence-electron chi connectivity index (χ4n) is 4.93. The average Bonchev–Trinajstić information content (AvgIpc) is 3.10. The number of benzene rings is 5. The standard InChI is InChI=1S/C27H22N6O16S5/c1-29-13-5-8-20(53(40,41)42)17(11-13)31-33-25-21(54(43,44)45)10-12-9-18(50-48-46-35)24(23(28)22(12)26(25)34)32-30-16-7-6-14-15(27(16)51-49-47-36)3-2-4-19(14)52(37,38)39/h2-11,29,34-36H,28H2,1H3,(H,37,38,39)(H,40,41,42)(H,43,44,45). The molecule has 0 atom stereocenters. The van der Waals surface area contributed by atoms with Crippen LogP contribution in [0, 0.1) is 0 Å². The van der Waals surface area contributed by atoms with Crippen LogP contribution < -0.4 is 11.1 Å². The van der Waals surface area contributed by atoms with Crippen LogP contribution in [0.1, 0.15) is 0 Å². The van der Waals surface area contributed by atoms with E-state index in [0.717, 1.165) is 30.3 Å². The van der Waals surface area contributed by atoms with Gasteiger partial charge in [-0.05, 0) is 47.9 Å². The quantitative estimate of drug-likeness (QED) is 0.0143. The van der Waals surface area contributed by atoms with E-state index in [1.165, 1.54) is 37.4 Å². The summed E-state index contributed by atoms with van der Waals surface area (Å²) in [6.07, 6.45) is 0. The molecule has 22 nitrogen and oxygen atoms in total. The minimum atomic E-state index is -5.22. The molecule has 0 aliphatic carbocycles. The number of anilines is 2. The third-order valence-corrected chi connectivity index (χ3v) is 11.2. The molecular weight excluding hydrogens is 825 g/mol. The molecular formula is C27H22N6O16S5. The van der Waals surface area contributed by atoms with Crippen molar-refractivity contribution >= 4 is 110 Å². The van der Waals surface area contributed by atoms with Crippen LogP contribution in [-0.2, 0) is 49.1 Å². The van der Waals surface area contributed by atoms with Crippen molar-refractivity contribution in [2.24, 2.45) is 20.5 Å². The summed E-state index contributed by atoms with van der Waals surface area (Å²) < 4.78 is 112. The Balaban J connectivity index is 1.76. The molecule has 27 heteroatoms. The minimum Gasteiger partial charge on any atom is -0.505 e. The van der Waals surface area contributed by atoms with E-state index < -0.39 is 67.9 Å². The highest BCUT2D eigenvalue weighted by molar-refractivity contribution is 7.95. The first kappa shape index (κ1) is 40.6. The first-order chi connectivity index (χ1) is 25.4. The second-order valence-corrected chi connectivity index (χ2v) is 15.9. The van der Waals surface area contributed by atoms with Crippen molar-refractivity contribution in [1.82, 2.24) is 0 Å². The van der Waals surface area contributed by atoms with Gasteiger partial charge in [0.05, 0.1) is 45.0 Å². The molecule has 0 aliphatic heterocycles. The van der Waals surface area contributed by atoms with Crippen LogP contribution in [0.4, 0.5) is 34.1 Å². The van der Waals surface area contributed by atoms with E-state index in [0.29, 0.717) is 12.0 Å². The third kappa shape index (κ3) is 8.53. The minimum absolute atomic E-state index is 0.000552. The first-order valence-corrected chi connectivity index (χ1v) is 19.8. The number of fused-ring (bicyclic) bond motifs is 2. The van der Waals surface area contributed by atoms with Gasteiger partial charge in [0.1, 0.15) is 37.4 Å². The summed E-state index contributed by atoms with van der Waals surface area (Å²) in [6.45, 7) is 0. The van der Waals surface area contributed by atoms with E-state index in [9.17, 15) is 44.0 Å². The van der Waals surface area contributed by atoms with Gasteiger partial charge in [0.2, 0.25) is 0 Å². The number of hydrogen-bond donors (Lipinski definition) is 8. The van der Waals surface area contributed by atoms with Gasteiger partial charge < -0.3 is 16.2 Å². The van der Waals surface area contributed by atoms with Crippen LogP contribution in [0.15, 0.2) is 106 Å². The molecule has 0 aliphatic rings. The number of aromatic hydroxyl groups is 1. The molecule has 0 unspecified atom stereocenters. The number of nitrogens with zero attached hydrogens (tertiary/aromatic N) is 4. The fraction of sp³-hybridized carbons (Fsp3) is 0.0370. The van der Waals surface area contributed by atoms with Gasteiger partial charge in [0.15, 0.2) is 5.75 Å². The molecule has 0 amide bonds. The van der Waals surface area contributed by atoms with E-state index >= 15 is 0 Å². The number of rotatable bonds is 14. The highest BCUT2D eigenvalue weighted by atomic mass is 32.2. The lowest BCUT2D eigenvalue weighted by atomic mass is 10.1. The van der Waals surface area contributed by atoms with Gasteiger partial charge in [0.25, 0.3) is 30.4 Å². The Kier molecular flexibility index (Phi) is 12.0. The summed E-state index contributed by atoms with van der Waals surface area (Å²) in [5, 5.41) is 54.3. The number of nitrogen functional groups attached to an aromatic ring is 1. The Hall–Kier alpha value is -4.59.